The highest BCUT2D eigenvalue weighted by Crippen LogP contribution is 2.43. The van der Waals surface area contributed by atoms with Crippen LogP contribution in [-0.4, -0.2) is 46.2 Å². The molecule has 1 saturated carbocycles. The van der Waals surface area contributed by atoms with Gasteiger partial charge in [0.05, 0.1) is 6.04 Å². The summed E-state index contributed by atoms with van der Waals surface area (Å²) in [6.45, 7) is 0.826. The summed E-state index contributed by atoms with van der Waals surface area (Å²) in [5.41, 5.74) is 1.06. The van der Waals surface area contributed by atoms with Crippen LogP contribution in [0, 0.1) is 5.82 Å². The topological polar surface area (TPSA) is 49.4 Å². The summed E-state index contributed by atoms with van der Waals surface area (Å²) < 4.78 is 40.8. The largest absolute Gasteiger partial charge is 0.345 e. The second-order valence-electron chi connectivity index (χ2n) is 6.85. The molecule has 1 amide bonds. The van der Waals surface area contributed by atoms with Gasteiger partial charge in [-0.05, 0) is 24.1 Å². The molecule has 1 aliphatic carbocycles. The molecular weight excluding hydrogens is 365 g/mol. The number of likely N-dealkylation sites (tertiary alicyclic amines) is 1. The second kappa shape index (κ2) is 6.42. The summed E-state index contributed by atoms with van der Waals surface area (Å²) in [6, 6.07) is 3.69. The summed E-state index contributed by atoms with van der Waals surface area (Å²) >= 11 is 1.26. The van der Waals surface area contributed by atoms with Crippen molar-refractivity contribution in [3.63, 3.8) is 0 Å². The molecule has 1 aromatic rings. The molecule has 3 unspecified atom stereocenters. The molecule has 26 heavy (non-hydrogen) atoms. The van der Waals surface area contributed by atoms with Crippen molar-refractivity contribution in [1.82, 2.24) is 10.2 Å². The van der Waals surface area contributed by atoms with E-state index in [0.29, 0.717) is 19.5 Å². The standard InChI is InChI=1S/C18H17F3N2O2S/c19-12-4-2-1-3-11(12)16(17(25)22-14-8-18(14,20)21)23-6-5-13-10(9-23)7-15(24)26-13/h1-4,7,13-14,16H,5-6,8-9H2,(H,22,25). The molecule has 3 atom stereocenters. The molecule has 3 aliphatic rings. The van der Waals surface area contributed by atoms with Gasteiger partial charge in [-0.1, -0.05) is 30.0 Å². The molecule has 2 heterocycles. The minimum atomic E-state index is -2.89. The molecule has 1 saturated heterocycles. The van der Waals surface area contributed by atoms with E-state index in [0.717, 1.165) is 5.57 Å². The summed E-state index contributed by atoms with van der Waals surface area (Å²) in [5.74, 6) is -4.07. The van der Waals surface area contributed by atoms with Gasteiger partial charge in [0.2, 0.25) is 11.0 Å². The van der Waals surface area contributed by atoms with Gasteiger partial charge in [-0.15, -0.1) is 0 Å². The number of halogens is 3. The van der Waals surface area contributed by atoms with Crippen LogP contribution in [0.25, 0.3) is 0 Å². The normalized spacial score (nSPS) is 28.3. The molecule has 0 radical (unpaired) electrons. The van der Waals surface area contributed by atoms with Gasteiger partial charge in [-0.3, -0.25) is 14.5 Å². The number of benzene rings is 1. The van der Waals surface area contributed by atoms with E-state index in [1.165, 1.54) is 30.0 Å². The number of amides is 1. The maximum absolute atomic E-state index is 14.4. The van der Waals surface area contributed by atoms with Crippen molar-refractivity contribution in [2.24, 2.45) is 0 Å². The zero-order chi connectivity index (χ0) is 18.5. The molecule has 138 valence electrons. The smallest absolute Gasteiger partial charge is 0.270 e. The van der Waals surface area contributed by atoms with E-state index in [4.69, 9.17) is 0 Å². The zero-order valence-corrected chi connectivity index (χ0v) is 14.6. The van der Waals surface area contributed by atoms with Crippen molar-refractivity contribution in [2.45, 2.75) is 36.1 Å². The van der Waals surface area contributed by atoms with Gasteiger partial charge in [0.15, 0.2) is 0 Å². The fourth-order valence-corrected chi connectivity index (χ4v) is 4.54. The lowest BCUT2D eigenvalue weighted by atomic mass is 9.97. The van der Waals surface area contributed by atoms with E-state index in [9.17, 15) is 22.8 Å². The van der Waals surface area contributed by atoms with Crippen LogP contribution >= 0.6 is 11.8 Å². The van der Waals surface area contributed by atoms with Crippen LogP contribution in [0.4, 0.5) is 13.2 Å². The number of fused-ring (bicyclic) bond motifs is 1. The first-order chi connectivity index (χ1) is 12.3. The first-order valence-electron chi connectivity index (χ1n) is 8.43. The van der Waals surface area contributed by atoms with Crippen LogP contribution in [-0.2, 0) is 9.59 Å². The number of nitrogens with zero attached hydrogens (tertiary/aromatic N) is 1. The van der Waals surface area contributed by atoms with Crippen molar-refractivity contribution < 1.29 is 22.8 Å². The van der Waals surface area contributed by atoms with Gasteiger partial charge in [-0.25, -0.2) is 13.2 Å². The summed E-state index contributed by atoms with van der Waals surface area (Å²) in [6.07, 6.45) is 1.83. The van der Waals surface area contributed by atoms with Gasteiger partial charge in [0.1, 0.15) is 11.9 Å². The SMILES string of the molecule is O=C1C=C2CN(C(C(=O)NC3CC3(F)F)c3ccccc3F)CCC2S1. The molecular formula is C18H17F3N2O2S. The van der Waals surface area contributed by atoms with Crippen LogP contribution in [0.5, 0.6) is 0 Å². The van der Waals surface area contributed by atoms with Crippen LogP contribution in [0.15, 0.2) is 35.9 Å². The van der Waals surface area contributed by atoms with Crippen LogP contribution in [0.1, 0.15) is 24.4 Å². The summed E-state index contributed by atoms with van der Waals surface area (Å²) in [5, 5.41) is 2.42. The monoisotopic (exact) mass is 382 g/mol. The molecule has 4 nitrogen and oxygen atoms in total. The Balaban J connectivity index is 1.60. The highest BCUT2D eigenvalue weighted by molar-refractivity contribution is 8.15. The van der Waals surface area contributed by atoms with Crippen molar-refractivity contribution in [3.8, 4) is 0 Å². The fraction of sp³-hybridized carbons (Fsp3) is 0.444. The van der Waals surface area contributed by atoms with Crippen molar-refractivity contribution in [3.05, 3.63) is 47.3 Å². The van der Waals surface area contributed by atoms with Crippen molar-refractivity contribution in [1.29, 1.82) is 0 Å². The quantitative estimate of drug-likeness (QED) is 0.870. The molecule has 0 aromatic heterocycles. The Kier molecular flexibility index (Phi) is 4.35. The third-order valence-electron chi connectivity index (χ3n) is 5.00. The lowest BCUT2D eigenvalue weighted by Gasteiger charge is -2.36. The summed E-state index contributed by atoms with van der Waals surface area (Å²) in [4.78, 5) is 26.1. The number of thioether (sulfide) groups is 1. The van der Waals surface area contributed by atoms with Gasteiger partial charge in [0, 0.05) is 30.3 Å². The van der Waals surface area contributed by atoms with Crippen LogP contribution < -0.4 is 5.32 Å². The Morgan fingerprint density at radius 3 is 2.77 bits per heavy atom. The number of carbonyl (C=O) groups excluding carboxylic acids is 2. The zero-order valence-electron chi connectivity index (χ0n) is 13.8. The Hall–Kier alpha value is -1.80. The van der Waals surface area contributed by atoms with E-state index in [1.54, 1.807) is 17.0 Å². The maximum Gasteiger partial charge on any atom is 0.270 e. The highest BCUT2D eigenvalue weighted by Gasteiger charge is 2.58. The average molecular weight is 382 g/mol. The van der Waals surface area contributed by atoms with Gasteiger partial charge < -0.3 is 5.32 Å². The lowest BCUT2D eigenvalue weighted by Crippen LogP contribution is -2.46. The Labute approximate surface area is 152 Å². The molecule has 4 rings (SSSR count). The molecule has 8 heteroatoms. The number of rotatable bonds is 4. The molecule has 1 N–H and O–H groups in total. The number of carbonyl (C=O) groups is 2. The molecule has 0 bridgehead atoms. The number of hydrogen-bond donors (Lipinski definition) is 1. The van der Waals surface area contributed by atoms with E-state index >= 15 is 0 Å². The first-order valence-corrected chi connectivity index (χ1v) is 9.31. The van der Waals surface area contributed by atoms with Crippen LogP contribution in [0.3, 0.4) is 0 Å². The molecule has 2 fully saturated rings. The number of piperidine rings is 1. The van der Waals surface area contributed by atoms with Crippen molar-refractivity contribution >= 4 is 22.8 Å². The minimum Gasteiger partial charge on any atom is -0.345 e. The third kappa shape index (κ3) is 3.27. The van der Waals surface area contributed by atoms with E-state index in [-0.39, 0.29) is 22.3 Å². The number of hydrogen-bond acceptors (Lipinski definition) is 4. The first kappa shape index (κ1) is 17.6. The predicted molar refractivity (Wildman–Crippen MR) is 91.3 cm³/mol. The van der Waals surface area contributed by atoms with Gasteiger partial charge >= 0.3 is 0 Å². The van der Waals surface area contributed by atoms with Crippen molar-refractivity contribution in [2.75, 3.05) is 13.1 Å². The van der Waals surface area contributed by atoms with E-state index < -0.39 is 29.7 Å². The van der Waals surface area contributed by atoms with E-state index in [1.807, 2.05) is 0 Å². The minimum absolute atomic E-state index is 0.0173. The highest BCUT2D eigenvalue weighted by atomic mass is 32.2. The Morgan fingerprint density at radius 1 is 1.35 bits per heavy atom. The van der Waals surface area contributed by atoms with Gasteiger partial charge in [0.25, 0.3) is 5.92 Å². The second-order valence-corrected chi connectivity index (χ2v) is 8.06. The molecule has 0 spiro atoms. The maximum atomic E-state index is 14.4. The lowest BCUT2D eigenvalue weighted by molar-refractivity contribution is -0.127. The van der Waals surface area contributed by atoms with Gasteiger partial charge in [-0.2, -0.15) is 0 Å². The Bertz CT molecular complexity index is 798. The number of nitrogens with one attached hydrogen (secondary N) is 1. The third-order valence-corrected chi connectivity index (χ3v) is 6.17. The van der Waals surface area contributed by atoms with E-state index in [2.05, 4.69) is 5.32 Å². The number of alkyl halides is 2. The summed E-state index contributed by atoms with van der Waals surface area (Å²) in [7, 11) is 0. The average Bonchev–Trinajstić information content (AvgIpc) is 3.00. The van der Waals surface area contributed by atoms with Crippen LogP contribution in [0.2, 0.25) is 0 Å². The molecule has 2 aliphatic heterocycles. The molecule has 1 aromatic carbocycles. The fourth-order valence-electron chi connectivity index (χ4n) is 3.52. The Morgan fingerprint density at radius 2 is 2.08 bits per heavy atom. The predicted octanol–water partition coefficient (Wildman–Crippen LogP) is 2.66.